The van der Waals surface area contributed by atoms with E-state index in [1.54, 1.807) is 0 Å². The van der Waals surface area contributed by atoms with Gasteiger partial charge in [0.15, 0.2) is 5.82 Å². The molecule has 0 unspecified atom stereocenters. The molecule has 0 aliphatic carbocycles. The zero-order valence-electron chi connectivity index (χ0n) is 12.3. The van der Waals surface area contributed by atoms with Crippen molar-refractivity contribution in [2.75, 3.05) is 11.9 Å². The molecule has 0 radical (unpaired) electrons. The Labute approximate surface area is 115 Å². The minimum absolute atomic E-state index is 0.797. The molecule has 19 heavy (non-hydrogen) atoms. The lowest BCUT2D eigenvalue weighted by atomic mass is 10.1. The summed E-state index contributed by atoms with van der Waals surface area (Å²) in [5, 5.41) is 3.30. The lowest BCUT2D eigenvalue weighted by Gasteiger charge is -2.12. The Morgan fingerprint density at radius 3 is 2.16 bits per heavy atom. The fraction of sp³-hybridized carbons (Fsp3) is 0.375. The molecule has 0 saturated carbocycles. The molecular formula is C16H21N3. The predicted octanol–water partition coefficient (Wildman–Crippen LogP) is 3.81. The van der Waals surface area contributed by atoms with E-state index >= 15 is 0 Å². The van der Waals surface area contributed by atoms with E-state index in [4.69, 9.17) is 0 Å². The molecule has 0 aliphatic heterocycles. The molecule has 3 nitrogen and oxygen atoms in total. The van der Waals surface area contributed by atoms with Crippen molar-refractivity contribution in [1.29, 1.82) is 0 Å². The van der Waals surface area contributed by atoms with Crippen LogP contribution in [0.3, 0.4) is 0 Å². The number of aryl methyl sites for hydroxylation is 3. The van der Waals surface area contributed by atoms with Gasteiger partial charge < -0.3 is 5.32 Å². The number of benzene rings is 1. The van der Waals surface area contributed by atoms with Crippen LogP contribution in [0, 0.1) is 27.7 Å². The molecule has 0 atom stereocenters. The summed E-state index contributed by atoms with van der Waals surface area (Å²) in [6.45, 7) is 11.2. The van der Waals surface area contributed by atoms with Crippen LogP contribution in [-0.4, -0.2) is 16.5 Å². The second-order valence-electron chi connectivity index (χ2n) is 5.01. The number of nitrogens with zero attached hydrogens (tertiary/aromatic N) is 2. The molecule has 0 amide bonds. The molecular weight excluding hydrogens is 234 g/mol. The van der Waals surface area contributed by atoms with Crippen molar-refractivity contribution < 1.29 is 0 Å². The van der Waals surface area contributed by atoms with Gasteiger partial charge in [-0.05, 0) is 46.8 Å². The number of anilines is 1. The minimum Gasteiger partial charge on any atom is -0.370 e. The summed E-state index contributed by atoms with van der Waals surface area (Å²) < 4.78 is 0. The van der Waals surface area contributed by atoms with Gasteiger partial charge in [0.05, 0.1) is 0 Å². The lowest BCUT2D eigenvalue weighted by molar-refractivity contribution is 1.05. The van der Waals surface area contributed by atoms with E-state index in [2.05, 4.69) is 61.2 Å². The van der Waals surface area contributed by atoms with E-state index in [0.29, 0.717) is 0 Å². The Morgan fingerprint density at radius 1 is 0.947 bits per heavy atom. The van der Waals surface area contributed by atoms with Crippen LogP contribution < -0.4 is 5.32 Å². The number of rotatable bonds is 3. The van der Waals surface area contributed by atoms with Gasteiger partial charge in [-0.3, -0.25) is 0 Å². The zero-order chi connectivity index (χ0) is 14.0. The summed E-state index contributed by atoms with van der Waals surface area (Å²) in [6, 6.07) is 6.43. The Balaban J connectivity index is 2.55. The van der Waals surface area contributed by atoms with Gasteiger partial charge >= 0.3 is 0 Å². The first-order chi connectivity index (χ1) is 9.01. The van der Waals surface area contributed by atoms with Crippen molar-refractivity contribution in [1.82, 2.24) is 9.97 Å². The first-order valence-corrected chi connectivity index (χ1v) is 6.69. The molecule has 0 saturated heterocycles. The van der Waals surface area contributed by atoms with E-state index in [-0.39, 0.29) is 0 Å². The van der Waals surface area contributed by atoms with Crippen molar-refractivity contribution in [3.05, 3.63) is 40.6 Å². The number of hydrogen-bond acceptors (Lipinski definition) is 3. The van der Waals surface area contributed by atoms with Crippen LogP contribution in [-0.2, 0) is 0 Å². The van der Waals surface area contributed by atoms with E-state index < -0.39 is 0 Å². The van der Waals surface area contributed by atoms with Crippen LogP contribution in [0.15, 0.2) is 18.2 Å². The van der Waals surface area contributed by atoms with Crippen LogP contribution in [0.25, 0.3) is 11.4 Å². The van der Waals surface area contributed by atoms with Crippen molar-refractivity contribution >= 4 is 5.82 Å². The molecule has 1 N–H and O–H groups in total. The van der Waals surface area contributed by atoms with E-state index in [1.807, 2.05) is 6.92 Å². The Kier molecular flexibility index (Phi) is 3.84. The maximum atomic E-state index is 4.65. The van der Waals surface area contributed by atoms with Crippen LogP contribution in [0.4, 0.5) is 5.82 Å². The average Bonchev–Trinajstić information content (AvgIpc) is 2.33. The molecule has 0 fully saturated rings. The minimum atomic E-state index is 0.797. The lowest BCUT2D eigenvalue weighted by Crippen LogP contribution is -2.06. The van der Waals surface area contributed by atoms with Crippen molar-refractivity contribution in [2.45, 2.75) is 34.6 Å². The standard InChI is InChI=1S/C16H21N3/c1-6-17-15-12(4)13(5)18-16(19-15)14-8-10(2)7-11(3)9-14/h7-9H,6H2,1-5H3,(H,17,18,19). The highest BCUT2D eigenvalue weighted by atomic mass is 15.0. The molecule has 3 heteroatoms. The Hall–Kier alpha value is -1.90. The number of nitrogens with one attached hydrogen (secondary N) is 1. The highest BCUT2D eigenvalue weighted by Crippen LogP contribution is 2.23. The summed E-state index contributed by atoms with van der Waals surface area (Å²) >= 11 is 0. The first kappa shape index (κ1) is 13.5. The molecule has 1 aromatic heterocycles. The molecule has 1 heterocycles. The summed E-state index contributed by atoms with van der Waals surface area (Å²) in [4.78, 5) is 9.27. The average molecular weight is 255 g/mol. The van der Waals surface area contributed by atoms with Crippen molar-refractivity contribution in [3.8, 4) is 11.4 Å². The van der Waals surface area contributed by atoms with Crippen LogP contribution in [0.2, 0.25) is 0 Å². The quantitative estimate of drug-likeness (QED) is 0.906. The van der Waals surface area contributed by atoms with E-state index in [1.165, 1.54) is 11.1 Å². The maximum absolute atomic E-state index is 4.65. The first-order valence-electron chi connectivity index (χ1n) is 6.69. The van der Waals surface area contributed by atoms with Crippen molar-refractivity contribution in [2.24, 2.45) is 0 Å². The summed E-state index contributed by atoms with van der Waals surface area (Å²) in [5.74, 6) is 1.73. The molecule has 100 valence electrons. The van der Waals surface area contributed by atoms with E-state index in [9.17, 15) is 0 Å². The monoisotopic (exact) mass is 255 g/mol. The van der Waals surface area contributed by atoms with Gasteiger partial charge in [-0.15, -0.1) is 0 Å². The summed E-state index contributed by atoms with van der Waals surface area (Å²) in [6.07, 6.45) is 0. The van der Waals surface area contributed by atoms with Gasteiger partial charge in [0.2, 0.25) is 0 Å². The Morgan fingerprint density at radius 2 is 1.58 bits per heavy atom. The molecule has 0 aliphatic rings. The Bertz CT molecular complexity index is 583. The normalized spacial score (nSPS) is 10.6. The number of aromatic nitrogens is 2. The zero-order valence-corrected chi connectivity index (χ0v) is 12.3. The van der Waals surface area contributed by atoms with Gasteiger partial charge in [0, 0.05) is 23.4 Å². The highest BCUT2D eigenvalue weighted by Gasteiger charge is 2.09. The topological polar surface area (TPSA) is 37.8 Å². The third kappa shape index (κ3) is 2.92. The molecule has 2 rings (SSSR count). The third-order valence-corrected chi connectivity index (χ3v) is 3.21. The summed E-state index contributed by atoms with van der Waals surface area (Å²) in [7, 11) is 0. The molecule has 0 bridgehead atoms. The molecule has 2 aromatic rings. The molecule has 0 spiro atoms. The maximum Gasteiger partial charge on any atom is 0.161 e. The van der Waals surface area contributed by atoms with Crippen LogP contribution in [0.5, 0.6) is 0 Å². The van der Waals surface area contributed by atoms with Gasteiger partial charge in [-0.25, -0.2) is 9.97 Å². The molecule has 1 aromatic carbocycles. The fourth-order valence-electron chi connectivity index (χ4n) is 2.20. The van der Waals surface area contributed by atoms with Gasteiger partial charge in [-0.2, -0.15) is 0 Å². The smallest absolute Gasteiger partial charge is 0.161 e. The predicted molar refractivity (Wildman–Crippen MR) is 80.6 cm³/mol. The van der Waals surface area contributed by atoms with Gasteiger partial charge in [0.25, 0.3) is 0 Å². The van der Waals surface area contributed by atoms with Gasteiger partial charge in [-0.1, -0.05) is 17.2 Å². The highest BCUT2D eigenvalue weighted by molar-refractivity contribution is 5.61. The fourth-order valence-corrected chi connectivity index (χ4v) is 2.20. The van der Waals surface area contributed by atoms with E-state index in [0.717, 1.165) is 35.0 Å². The SMILES string of the molecule is CCNc1nc(-c2cc(C)cc(C)c2)nc(C)c1C. The van der Waals surface area contributed by atoms with Crippen LogP contribution >= 0.6 is 0 Å². The second kappa shape index (κ2) is 5.39. The summed E-state index contributed by atoms with van der Waals surface area (Å²) in [5.41, 5.74) is 5.71. The largest absolute Gasteiger partial charge is 0.370 e. The van der Waals surface area contributed by atoms with Crippen molar-refractivity contribution in [3.63, 3.8) is 0 Å². The van der Waals surface area contributed by atoms with Crippen LogP contribution in [0.1, 0.15) is 29.3 Å². The second-order valence-corrected chi connectivity index (χ2v) is 5.01. The third-order valence-electron chi connectivity index (χ3n) is 3.21. The van der Waals surface area contributed by atoms with Gasteiger partial charge in [0.1, 0.15) is 5.82 Å². The number of hydrogen-bond donors (Lipinski definition) is 1.